The lowest BCUT2D eigenvalue weighted by atomic mass is 10.2. The summed E-state index contributed by atoms with van der Waals surface area (Å²) in [4.78, 5) is 0. The predicted molar refractivity (Wildman–Crippen MR) is 70.0 cm³/mol. The Labute approximate surface area is 104 Å². The average Bonchev–Trinajstić information content (AvgIpc) is 2.73. The molecule has 0 N–H and O–H groups in total. The molecule has 16 heavy (non-hydrogen) atoms. The highest BCUT2D eigenvalue weighted by atomic mass is 79.9. The van der Waals surface area contributed by atoms with Crippen molar-refractivity contribution in [2.75, 3.05) is 0 Å². The molecule has 1 aromatic carbocycles. The third kappa shape index (κ3) is 2.19. The van der Waals surface area contributed by atoms with Crippen molar-refractivity contribution in [3.63, 3.8) is 0 Å². The molecule has 0 atom stereocenters. The highest BCUT2D eigenvalue weighted by Crippen LogP contribution is 2.17. The van der Waals surface area contributed by atoms with Crippen LogP contribution in [0.1, 0.15) is 25.2 Å². The SMILES string of the molecule is CCc1cc(CC)n(-c2ccc(Br)cc2)n1. The number of aryl methyl sites for hydroxylation is 2. The van der Waals surface area contributed by atoms with E-state index in [0.717, 1.165) is 28.7 Å². The summed E-state index contributed by atoms with van der Waals surface area (Å²) in [5, 5.41) is 4.60. The zero-order valence-electron chi connectivity index (χ0n) is 9.57. The van der Waals surface area contributed by atoms with E-state index in [2.05, 4.69) is 53.1 Å². The van der Waals surface area contributed by atoms with E-state index in [0.29, 0.717) is 0 Å². The van der Waals surface area contributed by atoms with Crippen LogP contribution in [0.4, 0.5) is 0 Å². The van der Waals surface area contributed by atoms with Crippen LogP contribution in [-0.2, 0) is 12.8 Å². The molecule has 0 bridgehead atoms. The molecule has 3 heteroatoms. The van der Waals surface area contributed by atoms with Gasteiger partial charge in [0.15, 0.2) is 0 Å². The Hall–Kier alpha value is -1.09. The maximum atomic E-state index is 4.60. The highest BCUT2D eigenvalue weighted by Gasteiger charge is 2.06. The third-order valence-electron chi connectivity index (χ3n) is 2.63. The molecular weight excluding hydrogens is 264 g/mol. The topological polar surface area (TPSA) is 17.8 Å². The molecule has 0 saturated heterocycles. The van der Waals surface area contributed by atoms with Gasteiger partial charge in [-0.15, -0.1) is 0 Å². The Morgan fingerprint density at radius 1 is 1.12 bits per heavy atom. The van der Waals surface area contributed by atoms with Crippen molar-refractivity contribution in [1.82, 2.24) is 9.78 Å². The van der Waals surface area contributed by atoms with Crippen LogP contribution in [-0.4, -0.2) is 9.78 Å². The van der Waals surface area contributed by atoms with E-state index in [1.54, 1.807) is 0 Å². The molecule has 0 radical (unpaired) electrons. The average molecular weight is 279 g/mol. The molecule has 0 amide bonds. The minimum atomic E-state index is 0.983. The van der Waals surface area contributed by atoms with E-state index >= 15 is 0 Å². The number of aromatic nitrogens is 2. The minimum Gasteiger partial charge on any atom is -0.238 e. The van der Waals surface area contributed by atoms with Crippen LogP contribution in [0.5, 0.6) is 0 Å². The van der Waals surface area contributed by atoms with Crippen molar-refractivity contribution in [3.8, 4) is 5.69 Å². The van der Waals surface area contributed by atoms with Crippen LogP contribution >= 0.6 is 15.9 Å². The molecule has 1 heterocycles. The summed E-state index contributed by atoms with van der Waals surface area (Å²) in [6.07, 6.45) is 1.99. The van der Waals surface area contributed by atoms with Gasteiger partial charge in [0.05, 0.1) is 11.4 Å². The summed E-state index contributed by atoms with van der Waals surface area (Å²) in [5.41, 5.74) is 3.54. The van der Waals surface area contributed by atoms with Crippen LogP contribution < -0.4 is 0 Å². The zero-order valence-corrected chi connectivity index (χ0v) is 11.2. The second kappa shape index (κ2) is 4.83. The van der Waals surface area contributed by atoms with Crippen LogP contribution in [0.2, 0.25) is 0 Å². The van der Waals surface area contributed by atoms with E-state index in [1.165, 1.54) is 5.69 Å². The standard InChI is InChI=1S/C13H15BrN2/c1-3-11-9-12(4-2)16(15-11)13-7-5-10(14)6-8-13/h5-9H,3-4H2,1-2H3. The molecule has 2 aromatic rings. The lowest BCUT2D eigenvalue weighted by Gasteiger charge is -2.05. The molecule has 1 aromatic heterocycles. The van der Waals surface area contributed by atoms with Crippen LogP contribution in [0.3, 0.4) is 0 Å². The van der Waals surface area contributed by atoms with Gasteiger partial charge in [-0.25, -0.2) is 4.68 Å². The first-order valence-corrected chi connectivity index (χ1v) is 6.37. The summed E-state index contributed by atoms with van der Waals surface area (Å²) in [6.45, 7) is 4.29. The van der Waals surface area contributed by atoms with Crippen molar-refractivity contribution in [1.29, 1.82) is 0 Å². The van der Waals surface area contributed by atoms with E-state index in [9.17, 15) is 0 Å². The summed E-state index contributed by atoms with van der Waals surface area (Å²) < 4.78 is 3.13. The molecule has 2 rings (SSSR count). The molecule has 2 nitrogen and oxygen atoms in total. The van der Waals surface area contributed by atoms with Gasteiger partial charge in [0.25, 0.3) is 0 Å². The van der Waals surface area contributed by atoms with Gasteiger partial charge in [0.1, 0.15) is 0 Å². The van der Waals surface area contributed by atoms with Gasteiger partial charge in [-0.2, -0.15) is 5.10 Å². The van der Waals surface area contributed by atoms with Crippen LogP contribution in [0.15, 0.2) is 34.8 Å². The maximum Gasteiger partial charge on any atom is 0.0649 e. The van der Waals surface area contributed by atoms with Crippen LogP contribution in [0.25, 0.3) is 5.69 Å². The number of rotatable bonds is 3. The summed E-state index contributed by atoms with van der Waals surface area (Å²) in [6, 6.07) is 10.4. The first kappa shape index (κ1) is 11.4. The largest absolute Gasteiger partial charge is 0.238 e. The lowest BCUT2D eigenvalue weighted by molar-refractivity contribution is 0.794. The number of hydrogen-bond donors (Lipinski definition) is 0. The maximum absolute atomic E-state index is 4.60. The van der Waals surface area contributed by atoms with Crippen molar-refractivity contribution in [2.45, 2.75) is 26.7 Å². The Balaban J connectivity index is 2.45. The van der Waals surface area contributed by atoms with Crippen molar-refractivity contribution in [2.24, 2.45) is 0 Å². The van der Waals surface area contributed by atoms with Crippen molar-refractivity contribution >= 4 is 15.9 Å². The molecule has 0 spiro atoms. The van der Waals surface area contributed by atoms with Gasteiger partial charge >= 0.3 is 0 Å². The van der Waals surface area contributed by atoms with Crippen molar-refractivity contribution < 1.29 is 0 Å². The van der Waals surface area contributed by atoms with Gasteiger partial charge in [-0.1, -0.05) is 29.8 Å². The monoisotopic (exact) mass is 278 g/mol. The molecule has 0 fully saturated rings. The van der Waals surface area contributed by atoms with Gasteiger partial charge in [-0.05, 0) is 43.2 Å². The second-order valence-electron chi connectivity index (χ2n) is 3.72. The Bertz CT molecular complexity index is 471. The van der Waals surface area contributed by atoms with Crippen LogP contribution in [0, 0.1) is 0 Å². The van der Waals surface area contributed by atoms with Gasteiger partial charge < -0.3 is 0 Å². The quantitative estimate of drug-likeness (QED) is 0.836. The highest BCUT2D eigenvalue weighted by molar-refractivity contribution is 9.10. The first-order chi connectivity index (χ1) is 7.74. The number of hydrogen-bond acceptors (Lipinski definition) is 1. The molecule has 0 saturated carbocycles. The van der Waals surface area contributed by atoms with Gasteiger partial charge in [-0.3, -0.25) is 0 Å². The summed E-state index contributed by atoms with van der Waals surface area (Å²) in [7, 11) is 0. The fraction of sp³-hybridized carbons (Fsp3) is 0.308. The minimum absolute atomic E-state index is 0.983. The van der Waals surface area contributed by atoms with E-state index in [1.807, 2.05) is 16.8 Å². The molecule has 0 unspecified atom stereocenters. The summed E-state index contributed by atoms with van der Waals surface area (Å²) >= 11 is 3.44. The number of nitrogens with zero attached hydrogens (tertiary/aromatic N) is 2. The molecule has 84 valence electrons. The van der Waals surface area contributed by atoms with Gasteiger partial charge in [0.2, 0.25) is 0 Å². The zero-order chi connectivity index (χ0) is 11.5. The molecule has 0 aliphatic carbocycles. The molecule has 0 aliphatic rings. The van der Waals surface area contributed by atoms with Crippen molar-refractivity contribution in [3.05, 3.63) is 46.2 Å². The number of halogens is 1. The van der Waals surface area contributed by atoms with E-state index < -0.39 is 0 Å². The summed E-state index contributed by atoms with van der Waals surface area (Å²) in [5.74, 6) is 0. The smallest absolute Gasteiger partial charge is 0.0649 e. The normalized spacial score (nSPS) is 10.7. The Morgan fingerprint density at radius 2 is 1.81 bits per heavy atom. The molecular formula is C13H15BrN2. The lowest BCUT2D eigenvalue weighted by Crippen LogP contribution is -2.01. The van der Waals surface area contributed by atoms with Gasteiger partial charge in [0, 0.05) is 10.2 Å². The molecule has 0 aliphatic heterocycles. The third-order valence-corrected chi connectivity index (χ3v) is 3.16. The van der Waals surface area contributed by atoms with E-state index in [-0.39, 0.29) is 0 Å². The Morgan fingerprint density at radius 3 is 2.38 bits per heavy atom. The fourth-order valence-electron chi connectivity index (χ4n) is 1.71. The predicted octanol–water partition coefficient (Wildman–Crippen LogP) is 3.76. The van der Waals surface area contributed by atoms with E-state index in [4.69, 9.17) is 0 Å². The Kier molecular flexibility index (Phi) is 3.44. The fourth-order valence-corrected chi connectivity index (χ4v) is 1.97. The number of benzene rings is 1. The second-order valence-corrected chi connectivity index (χ2v) is 4.64. The first-order valence-electron chi connectivity index (χ1n) is 5.58.